The summed E-state index contributed by atoms with van der Waals surface area (Å²) in [6.07, 6.45) is -14.4. The van der Waals surface area contributed by atoms with Crippen molar-refractivity contribution < 1.29 is 83.7 Å². The van der Waals surface area contributed by atoms with E-state index in [1.807, 2.05) is 0 Å². The van der Waals surface area contributed by atoms with Crippen LogP contribution in [-0.2, 0) is 36.8 Å². The van der Waals surface area contributed by atoms with E-state index in [0.29, 0.717) is 11.1 Å². The van der Waals surface area contributed by atoms with Gasteiger partial charge in [-0.15, -0.1) is 0 Å². The van der Waals surface area contributed by atoms with Gasteiger partial charge in [0.15, 0.2) is 17.9 Å². The Morgan fingerprint density at radius 1 is 0.898 bits per heavy atom. The molecule has 0 aromatic heterocycles. The van der Waals surface area contributed by atoms with E-state index in [1.165, 1.54) is 32.2 Å². The van der Waals surface area contributed by atoms with Crippen molar-refractivity contribution in [2.24, 2.45) is 0 Å². The van der Waals surface area contributed by atoms with Crippen LogP contribution in [0.2, 0.25) is 0 Å². The molecule has 0 radical (unpaired) electrons. The van der Waals surface area contributed by atoms with Gasteiger partial charge in [-0.3, -0.25) is 14.4 Å². The van der Waals surface area contributed by atoms with E-state index in [0.717, 1.165) is 6.92 Å². The number of fused-ring (bicyclic) bond motifs is 3. The molecule has 3 aromatic rings. The van der Waals surface area contributed by atoms with Crippen LogP contribution in [0.1, 0.15) is 93.0 Å². The molecule has 18 heteroatoms. The van der Waals surface area contributed by atoms with Gasteiger partial charge in [0.25, 0.3) is 0 Å². The molecule has 316 valence electrons. The molecule has 2 aliphatic carbocycles. The summed E-state index contributed by atoms with van der Waals surface area (Å²) in [6.45, 7) is 1.60. The van der Waals surface area contributed by atoms with E-state index in [-0.39, 0.29) is 41.0 Å². The molecular weight excluding hydrogens is 778 g/mol. The summed E-state index contributed by atoms with van der Waals surface area (Å²) in [5.74, 6) is -3.72. The lowest BCUT2D eigenvalue weighted by atomic mass is 9.72. The van der Waals surface area contributed by atoms with Crippen LogP contribution in [0, 0.1) is 0 Å². The Bertz CT molecular complexity index is 2170. The number of carbonyl (C=O) groups excluding carboxylic acids is 4. The molecule has 2 heterocycles. The number of aliphatic hydroxyl groups excluding tert-OH is 5. The van der Waals surface area contributed by atoms with Gasteiger partial charge in [-0.25, -0.2) is 4.79 Å². The van der Waals surface area contributed by atoms with Gasteiger partial charge in [0.2, 0.25) is 5.78 Å². The Balaban J connectivity index is 1.12. The molecule has 4 aliphatic rings. The Morgan fingerprint density at radius 2 is 1.61 bits per heavy atom. The number of hydrogen-bond donors (Lipinski definition) is 9. The molecule has 59 heavy (non-hydrogen) atoms. The molecule has 0 bridgehead atoms. The molecule has 9 N–H and O–H groups in total. The first kappa shape index (κ1) is 42.1. The second-order valence-corrected chi connectivity index (χ2v) is 15.2. The minimum absolute atomic E-state index is 0.0556. The average molecular weight is 824 g/mol. The van der Waals surface area contributed by atoms with Crippen LogP contribution in [0.4, 0.5) is 4.79 Å². The molecule has 4 unspecified atom stereocenters. The lowest BCUT2D eigenvalue weighted by Gasteiger charge is -2.42. The Kier molecular flexibility index (Phi) is 11.6. The van der Waals surface area contributed by atoms with Crippen LogP contribution in [0.5, 0.6) is 17.2 Å². The summed E-state index contributed by atoms with van der Waals surface area (Å²) in [5.41, 5.74) is -3.11. The van der Waals surface area contributed by atoms with Crippen molar-refractivity contribution in [3.63, 3.8) is 0 Å². The zero-order chi connectivity index (χ0) is 42.7. The predicted octanol–water partition coefficient (Wildman–Crippen LogP) is 0.511. The summed E-state index contributed by atoms with van der Waals surface area (Å²) in [6, 6.07) is 9.61. The maximum atomic E-state index is 14.0. The SMILES string of the molecule is COc1cccc2c1C(=O)c1c(O)c3c(c(O)c1C2=O)C[C@@](O)(C(C)=O)C[C@@H]3OC1CC(NC(=O)OCc2ccccc2[C@@H]2O[C@H](CO)[C@H](O)[C@H](O)[C@H]2O)C(O)C(C)O1. The lowest BCUT2D eigenvalue weighted by molar-refractivity contribution is -0.249. The largest absolute Gasteiger partial charge is 0.507 e. The van der Waals surface area contributed by atoms with Crippen molar-refractivity contribution in [1.29, 1.82) is 0 Å². The highest BCUT2D eigenvalue weighted by Gasteiger charge is 2.50. The molecule has 18 nitrogen and oxygen atoms in total. The number of alkyl carbamates (subject to hydrolysis) is 1. The second kappa shape index (κ2) is 16.2. The molecule has 2 saturated heterocycles. The highest BCUT2D eigenvalue weighted by molar-refractivity contribution is 6.31. The number of amides is 1. The third-order valence-corrected chi connectivity index (χ3v) is 11.7. The number of nitrogens with one attached hydrogen (secondary N) is 1. The van der Waals surface area contributed by atoms with Crippen molar-refractivity contribution in [3.05, 3.63) is 87.0 Å². The second-order valence-electron chi connectivity index (χ2n) is 15.2. The molecule has 11 atom stereocenters. The number of aromatic hydroxyl groups is 2. The Hall–Kier alpha value is -5.02. The fourth-order valence-corrected chi connectivity index (χ4v) is 8.41. The fraction of sp³-hybridized carbons (Fsp3) is 0.463. The van der Waals surface area contributed by atoms with Gasteiger partial charge in [-0.1, -0.05) is 36.4 Å². The molecule has 3 aromatic carbocycles. The van der Waals surface area contributed by atoms with Crippen LogP contribution in [-0.4, -0.2) is 133 Å². The molecular formula is C41H45NO17. The van der Waals surface area contributed by atoms with E-state index in [9.17, 15) is 60.0 Å². The molecule has 0 spiro atoms. The van der Waals surface area contributed by atoms with Gasteiger partial charge < -0.3 is 69.9 Å². The van der Waals surface area contributed by atoms with E-state index in [4.69, 9.17) is 23.7 Å². The topological polar surface area (TPSA) is 288 Å². The van der Waals surface area contributed by atoms with Crippen molar-refractivity contribution in [2.45, 2.75) is 106 Å². The van der Waals surface area contributed by atoms with E-state index < -0.39 is 132 Å². The van der Waals surface area contributed by atoms with Crippen molar-refractivity contribution >= 4 is 23.4 Å². The van der Waals surface area contributed by atoms with E-state index in [1.54, 1.807) is 24.3 Å². The Labute approximate surface area is 336 Å². The number of rotatable bonds is 9. The monoisotopic (exact) mass is 823 g/mol. The maximum absolute atomic E-state index is 14.0. The van der Waals surface area contributed by atoms with Crippen LogP contribution in [0.3, 0.4) is 0 Å². The number of Topliss-reactive ketones (excluding diaryl/α,β-unsaturated/α-hetero) is 1. The molecule has 1 amide bonds. The average Bonchev–Trinajstić information content (AvgIpc) is 3.21. The van der Waals surface area contributed by atoms with E-state index in [2.05, 4.69) is 5.32 Å². The summed E-state index contributed by atoms with van der Waals surface area (Å²) in [5, 5.41) is 89.4. The summed E-state index contributed by atoms with van der Waals surface area (Å²) < 4.78 is 28.6. The number of methoxy groups -OCH3 is 1. The normalized spacial score (nSPS) is 31.4. The zero-order valence-electron chi connectivity index (χ0n) is 32.1. The maximum Gasteiger partial charge on any atom is 0.407 e. The number of phenols is 2. The minimum atomic E-state index is -2.16. The number of carbonyl (C=O) groups is 4. The predicted molar refractivity (Wildman–Crippen MR) is 199 cm³/mol. The van der Waals surface area contributed by atoms with Gasteiger partial charge in [0.1, 0.15) is 66.1 Å². The van der Waals surface area contributed by atoms with E-state index >= 15 is 0 Å². The third kappa shape index (κ3) is 7.34. The van der Waals surface area contributed by atoms with Crippen LogP contribution >= 0.6 is 0 Å². The number of ether oxygens (including phenoxy) is 5. The standard InChI is InChI=1S/C41H45NO17/c1-16-31(45)22(42-40(53)56-15-18-7-4-5-8-19(18)39-38(52)37(51)34(48)25(14-43)59-39)11-26(57-16)58-24-13-41(54,17(2)44)12-21-28(24)36(50)30-29(33(21)47)32(46)20-9-6-10-23(55-3)27(20)35(30)49/h4-10,16,22,24-26,31,34,37-39,43,45,47-48,50-52,54H,11-15H2,1-3H3,(H,42,53)/t16?,22?,24-,25+,26?,31?,34-,37-,38+,39-,41-/m0/s1. The molecule has 2 fully saturated rings. The van der Waals surface area contributed by atoms with Gasteiger partial charge >= 0.3 is 6.09 Å². The summed E-state index contributed by atoms with van der Waals surface area (Å²) in [7, 11) is 1.30. The first-order chi connectivity index (χ1) is 28.0. The summed E-state index contributed by atoms with van der Waals surface area (Å²) in [4.78, 5) is 53.8. The number of phenolic OH excluding ortho intramolecular Hbond substituents is 2. The number of benzene rings is 3. The smallest absolute Gasteiger partial charge is 0.407 e. The zero-order valence-corrected chi connectivity index (χ0v) is 32.1. The third-order valence-electron chi connectivity index (χ3n) is 11.7. The first-order valence-corrected chi connectivity index (χ1v) is 18.9. The van der Waals surface area contributed by atoms with Gasteiger partial charge in [-0.2, -0.15) is 0 Å². The quantitative estimate of drug-likeness (QED) is 0.104. The van der Waals surface area contributed by atoms with Crippen LogP contribution < -0.4 is 10.1 Å². The van der Waals surface area contributed by atoms with Gasteiger partial charge in [-0.05, 0) is 31.0 Å². The summed E-state index contributed by atoms with van der Waals surface area (Å²) >= 11 is 0. The number of hydrogen-bond acceptors (Lipinski definition) is 17. The molecule has 7 rings (SSSR count). The van der Waals surface area contributed by atoms with Crippen molar-refractivity contribution in [2.75, 3.05) is 13.7 Å². The van der Waals surface area contributed by atoms with Gasteiger partial charge in [0, 0.05) is 36.0 Å². The number of ketones is 3. The first-order valence-electron chi connectivity index (χ1n) is 18.9. The van der Waals surface area contributed by atoms with Gasteiger partial charge in [0.05, 0.1) is 48.7 Å². The van der Waals surface area contributed by atoms with Crippen molar-refractivity contribution in [1.82, 2.24) is 5.32 Å². The number of aliphatic hydroxyl groups is 6. The fourth-order valence-electron chi connectivity index (χ4n) is 8.41. The molecule has 0 saturated carbocycles. The highest BCUT2D eigenvalue weighted by Crippen LogP contribution is 2.52. The Morgan fingerprint density at radius 3 is 2.31 bits per heavy atom. The molecule has 2 aliphatic heterocycles. The van der Waals surface area contributed by atoms with Crippen LogP contribution in [0.25, 0.3) is 0 Å². The van der Waals surface area contributed by atoms with Crippen molar-refractivity contribution in [3.8, 4) is 17.2 Å². The lowest BCUT2D eigenvalue weighted by Crippen LogP contribution is -2.56. The van der Waals surface area contributed by atoms with Crippen LogP contribution in [0.15, 0.2) is 42.5 Å². The highest BCUT2D eigenvalue weighted by atomic mass is 16.7. The minimum Gasteiger partial charge on any atom is -0.507 e.